The van der Waals surface area contributed by atoms with E-state index in [2.05, 4.69) is 73.1 Å². The molecule has 2 nitrogen and oxygen atoms in total. The van der Waals surface area contributed by atoms with Crippen molar-refractivity contribution in [2.75, 3.05) is 0 Å². The molecule has 0 saturated carbocycles. The molecule has 5 aromatic rings. The van der Waals surface area contributed by atoms with Gasteiger partial charge in [0, 0.05) is 39.6 Å². The Labute approximate surface area is 140 Å². The van der Waals surface area contributed by atoms with Crippen molar-refractivity contribution in [3.63, 3.8) is 0 Å². The van der Waals surface area contributed by atoms with E-state index >= 15 is 0 Å². The number of hydrogen-bond acceptors (Lipinski definition) is 1. The standard InChI is InChI=1S/C22H19NO/c1-3-6-14-9-11-19-16(13-14)22-20(24-19)12-10-18-21(22)15-7-4-5-8-17(15)23(18)2/h4-5,7-13H,3,6H2,1-2H3. The molecule has 0 N–H and O–H groups in total. The van der Waals surface area contributed by atoms with E-state index in [-0.39, 0.29) is 0 Å². The van der Waals surface area contributed by atoms with Crippen molar-refractivity contribution in [1.82, 2.24) is 4.57 Å². The lowest BCUT2D eigenvalue weighted by Crippen LogP contribution is -1.85. The summed E-state index contributed by atoms with van der Waals surface area (Å²) in [5, 5.41) is 5.08. The summed E-state index contributed by atoms with van der Waals surface area (Å²) in [6.07, 6.45) is 2.26. The Hall–Kier alpha value is -2.74. The van der Waals surface area contributed by atoms with Gasteiger partial charge in [-0.1, -0.05) is 37.6 Å². The van der Waals surface area contributed by atoms with Crippen LogP contribution in [0.2, 0.25) is 0 Å². The Balaban J connectivity index is 2.03. The summed E-state index contributed by atoms with van der Waals surface area (Å²) in [5.41, 5.74) is 5.85. The van der Waals surface area contributed by atoms with Gasteiger partial charge < -0.3 is 8.98 Å². The van der Waals surface area contributed by atoms with Crippen LogP contribution in [0.5, 0.6) is 0 Å². The zero-order chi connectivity index (χ0) is 16.3. The van der Waals surface area contributed by atoms with E-state index in [4.69, 9.17) is 4.42 Å². The lowest BCUT2D eigenvalue weighted by Gasteiger charge is -1.99. The lowest BCUT2D eigenvalue weighted by atomic mass is 10.0. The van der Waals surface area contributed by atoms with Crippen molar-refractivity contribution in [2.45, 2.75) is 19.8 Å². The lowest BCUT2D eigenvalue weighted by molar-refractivity contribution is 0.669. The van der Waals surface area contributed by atoms with Crippen LogP contribution in [0.15, 0.2) is 59.0 Å². The van der Waals surface area contributed by atoms with Crippen LogP contribution in [0, 0.1) is 0 Å². The Morgan fingerprint density at radius 3 is 2.54 bits per heavy atom. The van der Waals surface area contributed by atoms with Crippen molar-refractivity contribution in [2.24, 2.45) is 7.05 Å². The van der Waals surface area contributed by atoms with Crippen molar-refractivity contribution < 1.29 is 4.42 Å². The van der Waals surface area contributed by atoms with Gasteiger partial charge in [0.2, 0.25) is 0 Å². The topological polar surface area (TPSA) is 18.1 Å². The van der Waals surface area contributed by atoms with Crippen molar-refractivity contribution in [3.05, 3.63) is 60.2 Å². The SMILES string of the molecule is CCCc1ccc2oc3ccc4c(c5ccccc5n4C)c3c2c1. The van der Waals surface area contributed by atoms with Crippen LogP contribution in [0.3, 0.4) is 0 Å². The Bertz CT molecular complexity index is 1220. The molecule has 118 valence electrons. The summed E-state index contributed by atoms with van der Waals surface area (Å²) in [4.78, 5) is 0. The Morgan fingerprint density at radius 2 is 1.67 bits per heavy atom. The van der Waals surface area contributed by atoms with Crippen molar-refractivity contribution >= 4 is 43.7 Å². The molecule has 24 heavy (non-hydrogen) atoms. The number of benzene rings is 3. The minimum absolute atomic E-state index is 0.975. The predicted octanol–water partition coefficient (Wildman–Crippen LogP) is 6.18. The second kappa shape index (κ2) is 4.88. The maximum absolute atomic E-state index is 6.14. The van der Waals surface area contributed by atoms with Crippen LogP contribution in [0.25, 0.3) is 43.7 Å². The van der Waals surface area contributed by atoms with E-state index < -0.39 is 0 Å². The summed E-state index contributed by atoms with van der Waals surface area (Å²) in [7, 11) is 2.14. The summed E-state index contributed by atoms with van der Waals surface area (Å²) in [6.45, 7) is 2.22. The average Bonchev–Trinajstić information content (AvgIpc) is 3.11. The largest absolute Gasteiger partial charge is 0.456 e. The molecule has 0 fully saturated rings. The predicted molar refractivity (Wildman–Crippen MR) is 102 cm³/mol. The number of nitrogens with zero attached hydrogens (tertiary/aromatic N) is 1. The van der Waals surface area contributed by atoms with Crippen LogP contribution < -0.4 is 0 Å². The molecule has 2 heteroatoms. The third kappa shape index (κ3) is 1.71. The monoisotopic (exact) mass is 313 g/mol. The zero-order valence-corrected chi connectivity index (χ0v) is 14.0. The number of rotatable bonds is 2. The van der Waals surface area contributed by atoms with E-state index in [1.54, 1.807) is 0 Å². The van der Waals surface area contributed by atoms with Crippen LogP contribution in [-0.4, -0.2) is 4.57 Å². The summed E-state index contributed by atoms with van der Waals surface area (Å²) >= 11 is 0. The van der Waals surface area contributed by atoms with Gasteiger partial charge in [-0.2, -0.15) is 0 Å². The molecule has 2 heterocycles. The number of aromatic nitrogens is 1. The third-order valence-electron chi connectivity index (χ3n) is 5.11. The van der Waals surface area contributed by atoms with E-state index in [1.165, 1.54) is 38.1 Å². The highest BCUT2D eigenvalue weighted by Gasteiger charge is 2.16. The maximum Gasteiger partial charge on any atom is 0.136 e. The van der Waals surface area contributed by atoms with Crippen LogP contribution in [-0.2, 0) is 13.5 Å². The first kappa shape index (κ1) is 13.7. The van der Waals surface area contributed by atoms with E-state index in [9.17, 15) is 0 Å². The molecule has 2 aromatic heterocycles. The van der Waals surface area contributed by atoms with Crippen molar-refractivity contribution in [3.8, 4) is 0 Å². The normalized spacial score (nSPS) is 12.1. The molecule has 0 aliphatic rings. The molecule has 5 rings (SSSR count). The first-order valence-corrected chi connectivity index (χ1v) is 8.59. The zero-order valence-electron chi connectivity index (χ0n) is 14.0. The van der Waals surface area contributed by atoms with Gasteiger partial charge in [0.05, 0.1) is 0 Å². The molecule has 0 saturated heterocycles. The third-order valence-corrected chi connectivity index (χ3v) is 5.11. The first-order chi connectivity index (χ1) is 11.8. The highest BCUT2D eigenvalue weighted by atomic mass is 16.3. The molecule has 0 unspecified atom stereocenters. The smallest absolute Gasteiger partial charge is 0.136 e. The number of aryl methyl sites for hydroxylation is 2. The van der Waals surface area contributed by atoms with Gasteiger partial charge >= 0.3 is 0 Å². The molecule has 0 aliphatic heterocycles. The fraction of sp³-hybridized carbons (Fsp3) is 0.182. The van der Waals surface area contributed by atoms with Gasteiger partial charge in [0.1, 0.15) is 11.2 Å². The molecular formula is C22H19NO. The van der Waals surface area contributed by atoms with Crippen LogP contribution in [0.4, 0.5) is 0 Å². The second-order valence-corrected chi connectivity index (χ2v) is 6.59. The number of para-hydroxylation sites is 1. The van der Waals surface area contributed by atoms with Gasteiger partial charge in [0.15, 0.2) is 0 Å². The Morgan fingerprint density at radius 1 is 0.833 bits per heavy atom. The van der Waals surface area contributed by atoms with Gasteiger partial charge in [-0.05, 0) is 42.3 Å². The second-order valence-electron chi connectivity index (χ2n) is 6.59. The van der Waals surface area contributed by atoms with Gasteiger partial charge in [-0.15, -0.1) is 0 Å². The maximum atomic E-state index is 6.14. The minimum Gasteiger partial charge on any atom is -0.456 e. The molecule has 0 bridgehead atoms. The van der Waals surface area contributed by atoms with E-state index in [0.717, 1.165) is 24.0 Å². The van der Waals surface area contributed by atoms with E-state index in [1.807, 2.05) is 0 Å². The molecule has 0 atom stereocenters. The molecule has 3 aromatic carbocycles. The summed E-state index contributed by atoms with van der Waals surface area (Å²) in [5.74, 6) is 0. The van der Waals surface area contributed by atoms with Crippen LogP contribution in [0.1, 0.15) is 18.9 Å². The highest BCUT2D eigenvalue weighted by Crippen LogP contribution is 2.39. The van der Waals surface area contributed by atoms with Crippen LogP contribution >= 0.6 is 0 Å². The fourth-order valence-electron chi connectivity index (χ4n) is 4.01. The molecule has 0 radical (unpaired) electrons. The Kier molecular flexibility index (Phi) is 2.78. The van der Waals surface area contributed by atoms with E-state index in [0.29, 0.717) is 0 Å². The fourth-order valence-corrected chi connectivity index (χ4v) is 4.01. The number of furan rings is 1. The highest BCUT2D eigenvalue weighted by molar-refractivity contribution is 6.26. The average molecular weight is 313 g/mol. The molecule has 0 spiro atoms. The summed E-state index contributed by atoms with van der Waals surface area (Å²) in [6, 6.07) is 19.5. The molecule has 0 amide bonds. The summed E-state index contributed by atoms with van der Waals surface area (Å²) < 4.78 is 8.42. The number of fused-ring (bicyclic) bond motifs is 7. The van der Waals surface area contributed by atoms with Crippen molar-refractivity contribution in [1.29, 1.82) is 0 Å². The first-order valence-electron chi connectivity index (χ1n) is 8.59. The quantitative estimate of drug-likeness (QED) is 0.380. The van der Waals surface area contributed by atoms with Gasteiger partial charge in [0.25, 0.3) is 0 Å². The van der Waals surface area contributed by atoms with Gasteiger partial charge in [-0.3, -0.25) is 0 Å². The molecule has 0 aliphatic carbocycles. The number of hydrogen-bond donors (Lipinski definition) is 0. The molecular weight excluding hydrogens is 294 g/mol. The minimum atomic E-state index is 0.975. The van der Waals surface area contributed by atoms with Gasteiger partial charge in [-0.25, -0.2) is 0 Å².